The molecule has 0 amide bonds. The lowest BCUT2D eigenvalue weighted by Crippen LogP contribution is -2.13. The van der Waals surface area contributed by atoms with Crippen molar-refractivity contribution in [1.29, 1.82) is 0 Å². The van der Waals surface area contributed by atoms with Crippen molar-refractivity contribution in [3.8, 4) is 0 Å². The van der Waals surface area contributed by atoms with Gasteiger partial charge in [-0.2, -0.15) is 0 Å². The fourth-order valence-electron chi connectivity index (χ4n) is 2.24. The van der Waals surface area contributed by atoms with E-state index in [0.717, 1.165) is 47.7 Å². The third-order valence-corrected chi connectivity index (χ3v) is 5.89. The molecule has 1 aliphatic heterocycles. The Morgan fingerprint density at radius 1 is 1.22 bits per heavy atom. The zero-order valence-corrected chi connectivity index (χ0v) is 11.6. The first-order chi connectivity index (χ1) is 8.84. The molecule has 1 aromatic rings. The lowest BCUT2D eigenvalue weighted by Gasteiger charge is -2.17. The van der Waals surface area contributed by atoms with Gasteiger partial charge in [-0.25, -0.2) is 0 Å². The Bertz CT molecular complexity index is 504. The number of Topliss-reactive ketones (excluding diaryl/α,β-unsaturated/α-hetero) is 1. The van der Waals surface area contributed by atoms with E-state index in [0.29, 0.717) is 0 Å². The number of hydrogen-bond donors (Lipinski definition) is 0. The monoisotopic (exact) mass is 278 g/mol. The number of carbonyl (C=O) groups excluding carboxylic acids is 1. The molecule has 0 N–H and O–H groups in total. The average molecular weight is 278 g/mol. The second-order valence-corrected chi connectivity index (χ2v) is 6.80. The second kappa shape index (κ2) is 5.41. The van der Waals surface area contributed by atoms with E-state index in [-0.39, 0.29) is 5.78 Å². The van der Waals surface area contributed by atoms with Gasteiger partial charge in [0.1, 0.15) is 5.76 Å². The minimum Gasteiger partial charge on any atom is -0.465 e. The van der Waals surface area contributed by atoms with Crippen molar-refractivity contribution in [3.05, 3.63) is 39.5 Å². The van der Waals surface area contributed by atoms with E-state index in [1.165, 1.54) is 4.24 Å². The van der Waals surface area contributed by atoms with Crippen LogP contribution in [0.3, 0.4) is 0 Å². The predicted octanol–water partition coefficient (Wildman–Crippen LogP) is 4.11. The summed E-state index contributed by atoms with van der Waals surface area (Å²) < 4.78 is 6.54. The highest BCUT2D eigenvalue weighted by molar-refractivity contribution is 8.25. The second-order valence-electron chi connectivity index (χ2n) is 4.33. The molecule has 4 heteroatoms. The van der Waals surface area contributed by atoms with Crippen molar-refractivity contribution in [2.75, 3.05) is 11.5 Å². The summed E-state index contributed by atoms with van der Waals surface area (Å²) in [4.78, 5) is 12.4. The van der Waals surface area contributed by atoms with Crippen molar-refractivity contribution >= 4 is 35.4 Å². The maximum atomic E-state index is 12.4. The van der Waals surface area contributed by atoms with E-state index in [4.69, 9.17) is 4.42 Å². The van der Waals surface area contributed by atoms with Gasteiger partial charge in [0.25, 0.3) is 0 Å². The summed E-state index contributed by atoms with van der Waals surface area (Å²) in [5.41, 5.74) is 1.93. The normalized spacial score (nSPS) is 23.1. The highest BCUT2D eigenvalue weighted by atomic mass is 32.2. The molecule has 0 bridgehead atoms. The summed E-state index contributed by atoms with van der Waals surface area (Å²) >= 11 is 3.67. The van der Waals surface area contributed by atoms with Crippen LogP contribution in [0.4, 0.5) is 0 Å². The van der Waals surface area contributed by atoms with E-state index in [9.17, 15) is 4.79 Å². The molecule has 0 radical (unpaired) electrons. The lowest BCUT2D eigenvalue weighted by atomic mass is 9.89. The minimum atomic E-state index is 0.231. The van der Waals surface area contributed by atoms with Crippen LogP contribution in [0.1, 0.15) is 25.0 Å². The van der Waals surface area contributed by atoms with Crippen molar-refractivity contribution in [3.63, 3.8) is 0 Å². The van der Waals surface area contributed by atoms with Gasteiger partial charge >= 0.3 is 0 Å². The van der Waals surface area contributed by atoms with Crippen molar-refractivity contribution in [1.82, 2.24) is 0 Å². The Balaban J connectivity index is 1.89. The summed E-state index contributed by atoms with van der Waals surface area (Å²) in [5.74, 6) is 3.27. The van der Waals surface area contributed by atoms with Crippen molar-refractivity contribution < 1.29 is 9.21 Å². The molecule has 2 fully saturated rings. The molecule has 2 aliphatic rings. The maximum absolute atomic E-state index is 12.4. The molecule has 0 aromatic carbocycles. The standard InChI is InChI=1S/C14H14O2S2/c15-13-10(9-11-4-2-6-16-11)3-1-5-12(13)14-17-7-8-18-14/h2,4,6,9H,1,3,5,7-8H2. The van der Waals surface area contributed by atoms with Crippen LogP contribution in [0.25, 0.3) is 6.08 Å². The molecular formula is C14H14O2S2. The molecule has 18 heavy (non-hydrogen) atoms. The Morgan fingerprint density at radius 2 is 2.06 bits per heavy atom. The number of hydrogen-bond acceptors (Lipinski definition) is 4. The first-order valence-corrected chi connectivity index (χ1v) is 8.09. The summed E-state index contributed by atoms with van der Waals surface area (Å²) in [6.07, 6.45) is 6.40. The average Bonchev–Trinajstić information content (AvgIpc) is 3.04. The van der Waals surface area contributed by atoms with Gasteiger partial charge in [-0.05, 0) is 37.5 Å². The lowest BCUT2D eigenvalue weighted by molar-refractivity contribution is -0.112. The Hall–Kier alpha value is -0.870. The summed E-state index contributed by atoms with van der Waals surface area (Å²) in [5, 5.41) is 0. The summed E-state index contributed by atoms with van der Waals surface area (Å²) in [6, 6.07) is 3.74. The van der Waals surface area contributed by atoms with Crippen LogP contribution >= 0.6 is 23.5 Å². The first kappa shape index (κ1) is 12.2. The summed E-state index contributed by atoms with van der Waals surface area (Å²) in [6.45, 7) is 0. The van der Waals surface area contributed by atoms with Gasteiger partial charge in [-0.15, -0.1) is 23.5 Å². The molecule has 1 saturated carbocycles. The molecular weight excluding hydrogens is 264 g/mol. The van der Waals surface area contributed by atoms with Gasteiger partial charge in [0, 0.05) is 26.9 Å². The number of allylic oxidation sites excluding steroid dienone is 2. The molecule has 0 atom stereocenters. The van der Waals surface area contributed by atoms with Crippen LogP contribution in [-0.4, -0.2) is 17.3 Å². The van der Waals surface area contributed by atoms with Crippen LogP contribution in [0, 0.1) is 0 Å². The largest absolute Gasteiger partial charge is 0.465 e. The molecule has 2 heterocycles. The van der Waals surface area contributed by atoms with Gasteiger partial charge in [0.05, 0.1) is 6.26 Å². The Labute approximate surface area is 115 Å². The number of ketones is 1. The highest BCUT2D eigenvalue weighted by Crippen LogP contribution is 2.42. The molecule has 0 unspecified atom stereocenters. The third kappa shape index (κ3) is 2.45. The quantitative estimate of drug-likeness (QED) is 0.723. The zero-order chi connectivity index (χ0) is 12.4. The van der Waals surface area contributed by atoms with E-state index in [1.807, 2.05) is 41.7 Å². The van der Waals surface area contributed by atoms with Gasteiger partial charge < -0.3 is 4.42 Å². The van der Waals surface area contributed by atoms with E-state index in [1.54, 1.807) is 6.26 Å². The Kier molecular flexibility index (Phi) is 3.66. The number of thioether (sulfide) groups is 2. The Morgan fingerprint density at radius 3 is 2.78 bits per heavy atom. The minimum absolute atomic E-state index is 0.231. The number of carbonyl (C=O) groups is 1. The van der Waals surface area contributed by atoms with Gasteiger partial charge in [0.15, 0.2) is 5.78 Å². The van der Waals surface area contributed by atoms with Gasteiger partial charge in [0.2, 0.25) is 0 Å². The van der Waals surface area contributed by atoms with Gasteiger partial charge in [-0.1, -0.05) is 0 Å². The van der Waals surface area contributed by atoms with Crippen LogP contribution in [0.2, 0.25) is 0 Å². The van der Waals surface area contributed by atoms with Gasteiger partial charge in [-0.3, -0.25) is 4.79 Å². The van der Waals surface area contributed by atoms with E-state index in [2.05, 4.69) is 0 Å². The van der Waals surface area contributed by atoms with E-state index < -0.39 is 0 Å². The fourth-order valence-corrected chi connectivity index (χ4v) is 4.85. The number of furan rings is 1. The zero-order valence-electron chi connectivity index (χ0n) is 9.98. The maximum Gasteiger partial charge on any atom is 0.186 e. The smallest absolute Gasteiger partial charge is 0.186 e. The third-order valence-electron chi connectivity index (χ3n) is 3.09. The molecule has 0 spiro atoms. The first-order valence-electron chi connectivity index (χ1n) is 6.12. The van der Waals surface area contributed by atoms with Crippen LogP contribution in [-0.2, 0) is 4.79 Å². The SMILES string of the molecule is O=C1C(=Cc2ccco2)CCCC1=C1SCCS1. The predicted molar refractivity (Wildman–Crippen MR) is 77.5 cm³/mol. The molecule has 1 aliphatic carbocycles. The molecule has 94 valence electrons. The molecule has 1 aromatic heterocycles. The fraction of sp³-hybridized carbons (Fsp3) is 0.357. The van der Waals surface area contributed by atoms with E-state index >= 15 is 0 Å². The van der Waals surface area contributed by atoms with Crippen LogP contribution in [0.5, 0.6) is 0 Å². The molecule has 3 rings (SSSR count). The van der Waals surface area contributed by atoms with Crippen LogP contribution < -0.4 is 0 Å². The van der Waals surface area contributed by atoms with Crippen molar-refractivity contribution in [2.45, 2.75) is 19.3 Å². The van der Waals surface area contributed by atoms with Crippen LogP contribution in [0.15, 0.2) is 38.2 Å². The van der Waals surface area contributed by atoms with Crippen molar-refractivity contribution in [2.24, 2.45) is 0 Å². The number of rotatable bonds is 1. The molecule has 1 saturated heterocycles. The topological polar surface area (TPSA) is 30.2 Å². The summed E-state index contributed by atoms with van der Waals surface area (Å²) in [7, 11) is 0. The highest BCUT2D eigenvalue weighted by Gasteiger charge is 2.26. The molecule has 2 nitrogen and oxygen atoms in total.